The van der Waals surface area contributed by atoms with E-state index in [1.54, 1.807) is 11.9 Å². The van der Waals surface area contributed by atoms with Gasteiger partial charge in [-0.3, -0.25) is 4.90 Å². The van der Waals surface area contributed by atoms with E-state index in [4.69, 9.17) is 9.47 Å². The standard InChI is InChI=1S/C22H34N2O5/c1-21(2,3)28-19(26)23(7)13-15-8-10-16(11-9-15)18-12-17(25)14-24(18)20(27)29-22(4,5)6/h8-11,17-18,25H,12-14H2,1-7H3/t17-,18-/m1/s1. The van der Waals surface area contributed by atoms with Crippen molar-refractivity contribution in [2.75, 3.05) is 13.6 Å². The molecular weight excluding hydrogens is 372 g/mol. The molecule has 2 atom stereocenters. The summed E-state index contributed by atoms with van der Waals surface area (Å²) in [5.41, 5.74) is 0.745. The zero-order valence-electron chi connectivity index (χ0n) is 18.6. The van der Waals surface area contributed by atoms with E-state index in [0.29, 0.717) is 13.0 Å². The number of ether oxygens (including phenoxy) is 2. The summed E-state index contributed by atoms with van der Waals surface area (Å²) in [6.07, 6.45) is -0.911. The number of benzene rings is 1. The molecule has 2 rings (SSSR count). The van der Waals surface area contributed by atoms with E-state index >= 15 is 0 Å². The lowest BCUT2D eigenvalue weighted by molar-refractivity contribution is 0.0205. The largest absolute Gasteiger partial charge is 0.444 e. The highest BCUT2D eigenvalue weighted by molar-refractivity contribution is 5.69. The summed E-state index contributed by atoms with van der Waals surface area (Å²) in [6, 6.07) is 7.47. The van der Waals surface area contributed by atoms with E-state index in [0.717, 1.165) is 11.1 Å². The van der Waals surface area contributed by atoms with Crippen LogP contribution in [-0.4, -0.2) is 58.0 Å². The average molecular weight is 407 g/mol. The smallest absolute Gasteiger partial charge is 0.410 e. The number of β-amino-alcohol motifs (C(OH)–C–C–N with tert-alkyl or cyclic N) is 1. The second kappa shape index (κ2) is 8.61. The van der Waals surface area contributed by atoms with Gasteiger partial charge >= 0.3 is 12.2 Å². The van der Waals surface area contributed by atoms with Crippen LogP contribution in [0.4, 0.5) is 9.59 Å². The molecule has 1 aromatic carbocycles. The van der Waals surface area contributed by atoms with Gasteiger partial charge in [0.2, 0.25) is 0 Å². The van der Waals surface area contributed by atoms with Crippen LogP contribution < -0.4 is 0 Å². The molecule has 0 saturated carbocycles. The summed E-state index contributed by atoms with van der Waals surface area (Å²) in [5.74, 6) is 0. The van der Waals surface area contributed by atoms with Crippen LogP contribution in [0.2, 0.25) is 0 Å². The van der Waals surface area contributed by atoms with Gasteiger partial charge in [-0.05, 0) is 59.1 Å². The number of carbonyl (C=O) groups is 2. The molecule has 1 saturated heterocycles. The van der Waals surface area contributed by atoms with Gasteiger partial charge in [0.25, 0.3) is 0 Å². The lowest BCUT2D eigenvalue weighted by Gasteiger charge is -2.28. The van der Waals surface area contributed by atoms with Crippen LogP contribution >= 0.6 is 0 Å². The predicted molar refractivity (Wildman–Crippen MR) is 110 cm³/mol. The summed E-state index contributed by atoms with van der Waals surface area (Å²) in [5, 5.41) is 10.1. The molecule has 1 N–H and O–H groups in total. The van der Waals surface area contributed by atoms with Gasteiger partial charge in [-0.15, -0.1) is 0 Å². The van der Waals surface area contributed by atoms with E-state index < -0.39 is 23.4 Å². The Morgan fingerprint density at radius 1 is 1.07 bits per heavy atom. The lowest BCUT2D eigenvalue weighted by Crippen LogP contribution is -2.37. The van der Waals surface area contributed by atoms with Crippen LogP contribution in [0.1, 0.15) is 65.1 Å². The van der Waals surface area contributed by atoms with Crippen molar-refractivity contribution < 1.29 is 24.2 Å². The minimum Gasteiger partial charge on any atom is -0.444 e. The first-order valence-electron chi connectivity index (χ1n) is 9.96. The minimum absolute atomic E-state index is 0.238. The Kier molecular flexibility index (Phi) is 6.83. The molecule has 29 heavy (non-hydrogen) atoms. The van der Waals surface area contributed by atoms with Crippen molar-refractivity contribution in [3.8, 4) is 0 Å². The molecule has 7 heteroatoms. The Hall–Kier alpha value is -2.28. The highest BCUT2D eigenvalue weighted by Gasteiger charge is 2.37. The van der Waals surface area contributed by atoms with Crippen LogP contribution in [0.5, 0.6) is 0 Å². The monoisotopic (exact) mass is 406 g/mol. The molecule has 7 nitrogen and oxygen atoms in total. The van der Waals surface area contributed by atoms with Crippen molar-refractivity contribution in [1.29, 1.82) is 0 Å². The molecule has 1 aliphatic rings. The zero-order valence-corrected chi connectivity index (χ0v) is 18.6. The number of hydrogen-bond acceptors (Lipinski definition) is 5. The van der Waals surface area contributed by atoms with Gasteiger partial charge in [0.15, 0.2) is 0 Å². The average Bonchev–Trinajstić information content (AvgIpc) is 2.94. The van der Waals surface area contributed by atoms with Gasteiger partial charge < -0.3 is 19.5 Å². The SMILES string of the molecule is CN(Cc1ccc([C@H]2C[C@@H](O)CN2C(=O)OC(C)(C)C)cc1)C(=O)OC(C)(C)C. The van der Waals surface area contributed by atoms with E-state index in [2.05, 4.69) is 0 Å². The number of likely N-dealkylation sites (tertiary alicyclic amines) is 1. The fourth-order valence-corrected chi connectivity index (χ4v) is 3.18. The molecule has 0 spiro atoms. The van der Waals surface area contributed by atoms with Crippen molar-refractivity contribution in [2.24, 2.45) is 0 Å². The Morgan fingerprint density at radius 3 is 2.14 bits per heavy atom. The predicted octanol–water partition coefficient (Wildman–Crippen LogP) is 4.10. The summed E-state index contributed by atoms with van der Waals surface area (Å²) in [7, 11) is 1.69. The molecule has 1 aromatic rings. The van der Waals surface area contributed by atoms with E-state index in [1.807, 2.05) is 65.8 Å². The Morgan fingerprint density at radius 2 is 1.62 bits per heavy atom. The normalized spacial score (nSPS) is 19.8. The number of rotatable bonds is 3. The summed E-state index contributed by atoms with van der Waals surface area (Å²) < 4.78 is 10.9. The van der Waals surface area contributed by atoms with Crippen molar-refractivity contribution in [3.63, 3.8) is 0 Å². The van der Waals surface area contributed by atoms with Gasteiger partial charge in [-0.25, -0.2) is 9.59 Å². The Bertz CT molecular complexity index is 718. The quantitative estimate of drug-likeness (QED) is 0.818. The number of carbonyl (C=O) groups excluding carboxylic acids is 2. The molecule has 0 aliphatic carbocycles. The first kappa shape index (κ1) is 23.0. The van der Waals surface area contributed by atoms with Crippen molar-refractivity contribution in [3.05, 3.63) is 35.4 Å². The fraction of sp³-hybridized carbons (Fsp3) is 0.636. The third-order valence-corrected chi connectivity index (χ3v) is 4.40. The number of nitrogens with zero attached hydrogens (tertiary/aromatic N) is 2. The Balaban J connectivity index is 2.06. The number of aliphatic hydroxyl groups is 1. The number of hydrogen-bond donors (Lipinski definition) is 1. The van der Waals surface area contributed by atoms with Crippen LogP contribution in [0.25, 0.3) is 0 Å². The molecule has 1 aliphatic heterocycles. The molecule has 0 bridgehead atoms. The molecule has 0 radical (unpaired) electrons. The molecule has 0 unspecified atom stereocenters. The van der Waals surface area contributed by atoms with Crippen molar-refractivity contribution in [1.82, 2.24) is 9.80 Å². The summed E-state index contributed by atoms with van der Waals surface area (Å²) >= 11 is 0. The molecular formula is C22H34N2O5. The van der Waals surface area contributed by atoms with Crippen LogP contribution in [0.15, 0.2) is 24.3 Å². The van der Waals surface area contributed by atoms with Gasteiger partial charge in [-0.2, -0.15) is 0 Å². The first-order valence-corrected chi connectivity index (χ1v) is 9.96. The third kappa shape index (κ3) is 6.92. The van der Waals surface area contributed by atoms with Crippen molar-refractivity contribution in [2.45, 2.75) is 77.9 Å². The van der Waals surface area contributed by atoms with Gasteiger partial charge in [0.1, 0.15) is 11.2 Å². The molecule has 2 amide bonds. The summed E-state index contributed by atoms with van der Waals surface area (Å²) in [6.45, 7) is 11.6. The minimum atomic E-state index is -0.592. The fourth-order valence-electron chi connectivity index (χ4n) is 3.18. The highest BCUT2D eigenvalue weighted by atomic mass is 16.6. The van der Waals surface area contributed by atoms with Crippen molar-refractivity contribution >= 4 is 12.2 Å². The van der Waals surface area contributed by atoms with Gasteiger partial charge in [0.05, 0.1) is 18.7 Å². The maximum Gasteiger partial charge on any atom is 0.410 e. The van der Waals surface area contributed by atoms with Crippen LogP contribution in [0, 0.1) is 0 Å². The Labute approximate surface area is 173 Å². The van der Waals surface area contributed by atoms with E-state index in [1.165, 1.54) is 4.90 Å². The first-order chi connectivity index (χ1) is 13.2. The maximum absolute atomic E-state index is 12.5. The summed E-state index contributed by atoms with van der Waals surface area (Å²) in [4.78, 5) is 27.8. The number of amides is 2. The topological polar surface area (TPSA) is 79.3 Å². The maximum atomic E-state index is 12.5. The highest BCUT2D eigenvalue weighted by Crippen LogP contribution is 2.33. The van der Waals surface area contributed by atoms with Crippen LogP contribution in [-0.2, 0) is 16.0 Å². The van der Waals surface area contributed by atoms with Crippen LogP contribution in [0.3, 0.4) is 0 Å². The van der Waals surface area contributed by atoms with Gasteiger partial charge in [0, 0.05) is 13.6 Å². The lowest BCUT2D eigenvalue weighted by atomic mass is 10.0. The molecule has 0 aromatic heterocycles. The molecule has 1 heterocycles. The third-order valence-electron chi connectivity index (χ3n) is 4.40. The second-order valence-corrected chi connectivity index (χ2v) is 9.62. The number of aliphatic hydroxyl groups excluding tert-OH is 1. The zero-order chi connectivity index (χ0) is 22.0. The molecule has 162 valence electrons. The van der Waals surface area contributed by atoms with Gasteiger partial charge in [-0.1, -0.05) is 24.3 Å². The molecule has 1 fully saturated rings. The van der Waals surface area contributed by atoms with E-state index in [9.17, 15) is 14.7 Å². The second-order valence-electron chi connectivity index (χ2n) is 9.62. The van der Waals surface area contributed by atoms with E-state index in [-0.39, 0.29) is 18.7 Å².